The smallest absolute Gasteiger partial charge is 0.0237 e. The second kappa shape index (κ2) is 6.58. The van der Waals surface area contributed by atoms with Crippen LogP contribution in [-0.2, 0) is 6.54 Å². The molecule has 0 spiro atoms. The minimum atomic E-state index is 0.766. The number of piperidine rings is 1. The van der Waals surface area contributed by atoms with Crippen LogP contribution in [-0.4, -0.2) is 24.5 Å². The van der Waals surface area contributed by atoms with Gasteiger partial charge in [-0.1, -0.05) is 42.0 Å². The van der Waals surface area contributed by atoms with Crippen LogP contribution in [0.4, 0.5) is 0 Å². The minimum Gasteiger partial charge on any atom is -0.330 e. The quantitative estimate of drug-likeness (QED) is 0.805. The zero-order valence-electron chi connectivity index (χ0n) is 10.4. The maximum atomic E-state index is 5.55. The Morgan fingerprint density at radius 3 is 2.82 bits per heavy atom. The van der Waals surface area contributed by atoms with Gasteiger partial charge >= 0.3 is 0 Å². The first-order valence-corrected chi connectivity index (χ1v) is 6.53. The number of benzene rings is 1. The molecule has 2 nitrogen and oxygen atoms in total. The molecule has 0 bridgehead atoms. The summed E-state index contributed by atoms with van der Waals surface area (Å²) < 4.78 is 0. The molecule has 1 aliphatic rings. The highest BCUT2D eigenvalue weighted by atomic mass is 15.1. The van der Waals surface area contributed by atoms with Gasteiger partial charge < -0.3 is 5.73 Å². The van der Waals surface area contributed by atoms with Crippen molar-refractivity contribution in [2.75, 3.05) is 19.6 Å². The van der Waals surface area contributed by atoms with Gasteiger partial charge in [-0.2, -0.15) is 0 Å². The molecule has 2 heteroatoms. The number of likely N-dealkylation sites (tertiary alicyclic amines) is 1. The summed E-state index contributed by atoms with van der Waals surface area (Å²) in [7, 11) is 0. The minimum absolute atomic E-state index is 0.766. The third-order valence-corrected chi connectivity index (χ3v) is 3.25. The second-order valence-electron chi connectivity index (χ2n) is 4.74. The van der Waals surface area contributed by atoms with E-state index >= 15 is 0 Å². The van der Waals surface area contributed by atoms with Crippen molar-refractivity contribution in [1.82, 2.24) is 4.90 Å². The van der Waals surface area contributed by atoms with Crippen LogP contribution in [0.1, 0.15) is 24.8 Å². The highest BCUT2D eigenvalue weighted by Gasteiger charge is 2.13. The Hall–Kier alpha value is -1.12. The van der Waals surface area contributed by atoms with Gasteiger partial charge in [0, 0.05) is 13.1 Å². The molecule has 1 heterocycles. The second-order valence-corrected chi connectivity index (χ2v) is 4.74. The first-order chi connectivity index (χ1) is 8.38. The number of hydrogen-bond donors (Lipinski definition) is 1. The molecular formula is C15H22N2. The Labute approximate surface area is 104 Å². The van der Waals surface area contributed by atoms with Gasteiger partial charge in [-0.05, 0) is 37.9 Å². The average molecular weight is 230 g/mol. The molecule has 17 heavy (non-hydrogen) atoms. The van der Waals surface area contributed by atoms with Gasteiger partial charge in [-0.25, -0.2) is 0 Å². The summed E-state index contributed by atoms with van der Waals surface area (Å²) in [5.74, 6) is 0. The van der Waals surface area contributed by atoms with Gasteiger partial charge in [-0.3, -0.25) is 4.90 Å². The van der Waals surface area contributed by atoms with E-state index in [-0.39, 0.29) is 0 Å². The molecule has 1 aromatic rings. The van der Waals surface area contributed by atoms with Crippen molar-refractivity contribution >= 4 is 0 Å². The molecule has 0 saturated carbocycles. The third kappa shape index (κ3) is 3.99. The van der Waals surface area contributed by atoms with Gasteiger partial charge in [0.2, 0.25) is 0 Å². The number of rotatable bonds is 4. The largest absolute Gasteiger partial charge is 0.330 e. The van der Waals surface area contributed by atoms with Crippen molar-refractivity contribution in [3.63, 3.8) is 0 Å². The Kier molecular flexibility index (Phi) is 4.77. The number of nitrogens with zero attached hydrogens (tertiary/aromatic N) is 1. The molecule has 1 aromatic carbocycles. The van der Waals surface area contributed by atoms with Crippen LogP contribution < -0.4 is 5.73 Å². The fraction of sp³-hybridized carbons (Fsp3) is 0.467. The zero-order valence-corrected chi connectivity index (χ0v) is 10.4. The Morgan fingerprint density at radius 1 is 1.24 bits per heavy atom. The molecule has 1 fully saturated rings. The van der Waals surface area contributed by atoms with Crippen LogP contribution in [0.3, 0.4) is 0 Å². The van der Waals surface area contributed by atoms with E-state index < -0.39 is 0 Å². The lowest BCUT2D eigenvalue weighted by atomic mass is 10.0. The van der Waals surface area contributed by atoms with Gasteiger partial charge in [0.1, 0.15) is 0 Å². The fourth-order valence-electron chi connectivity index (χ4n) is 2.41. The van der Waals surface area contributed by atoms with Crippen molar-refractivity contribution < 1.29 is 0 Å². The van der Waals surface area contributed by atoms with Crippen molar-refractivity contribution in [3.05, 3.63) is 47.5 Å². The molecule has 2 rings (SSSR count). The summed E-state index contributed by atoms with van der Waals surface area (Å²) in [6.07, 6.45) is 5.89. The fourth-order valence-corrected chi connectivity index (χ4v) is 2.41. The van der Waals surface area contributed by atoms with Crippen molar-refractivity contribution in [2.45, 2.75) is 25.8 Å². The molecule has 1 aliphatic heterocycles. The van der Waals surface area contributed by atoms with Crippen LogP contribution in [0.15, 0.2) is 42.0 Å². The lowest BCUT2D eigenvalue weighted by Gasteiger charge is -2.28. The van der Waals surface area contributed by atoms with E-state index in [9.17, 15) is 0 Å². The summed E-state index contributed by atoms with van der Waals surface area (Å²) >= 11 is 0. The SMILES string of the molecule is NCCC=C1CCCN(Cc2ccccc2)C1. The first-order valence-electron chi connectivity index (χ1n) is 6.53. The maximum Gasteiger partial charge on any atom is 0.0237 e. The van der Waals surface area contributed by atoms with Crippen molar-refractivity contribution in [1.29, 1.82) is 0 Å². The van der Waals surface area contributed by atoms with Crippen LogP contribution in [0.25, 0.3) is 0 Å². The lowest BCUT2D eigenvalue weighted by Crippen LogP contribution is -2.30. The van der Waals surface area contributed by atoms with E-state index in [1.165, 1.54) is 24.9 Å². The standard InChI is InChI=1S/C15H22N2/c16-10-4-8-15-9-5-11-17(13-15)12-14-6-2-1-3-7-14/h1-3,6-8H,4-5,9-13,16H2. The molecule has 0 atom stereocenters. The summed E-state index contributed by atoms with van der Waals surface area (Å²) in [6, 6.07) is 10.7. The van der Waals surface area contributed by atoms with Gasteiger partial charge in [0.15, 0.2) is 0 Å². The van der Waals surface area contributed by atoms with Crippen molar-refractivity contribution in [2.24, 2.45) is 5.73 Å². The molecule has 92 valence electrons. The van der Waals surface area contributed by atoms with E-state index in [4.69, 9.17) is 5.73 Å². The highest BCUT2D eigenvalue weighted by molar-refractivity contribution is 5.16. The Morgan fingerprint density at radius 2 is 2.06 bits per heavy atom. The first kappa shape index (κ1) is 12.3. The van der Waals surface area contributed by atoms with Crippen LogP contribution in [0.2, 0.25) is 0 Å². The van der Waals surface area contributed by atoms with E-state index in [0.717, 1.165) is 26.1 Å². The maximum absolute atomic E-state index is 5.55. The molecule has 1 saturated heterocycles. The van der Waals surface area contributed by atoms with Crippen LogP contribution in [0.5, 0.6) is 0 Å². The Balaban J connectivity index is 1.89. The molecule has 2 N–H and O–H groups in total. The lowest BCUT2D eigenvalue weighted by molar-refractivity contribution is 0.257. The molecule has 0 aliphatic carbocycles. The van der Waals surface area contributed by atoms with E-state index in [0.29, 0.717) is 0 Å². The summed E-state index contributed by atoms with van der Waals surface area (Å²) in [6.45, 7) is 4.17. The van der Waals surface area contributed by atoms with E-state index in [2.05, 4.69) is 41.3 Å². The summed E-state index contributed by atoms with van der Waals surface area (Å²) in [4.78, 5) is 2.53. The topological polar surface area (TPSA) is 29.3 Å². The Bertz CT molecular complexity index is 356. The molecule has 0 radical (unpaired) electrons. The van der Waals surface area contributed by atoms with E-state index in [1.807, 2.05) is 0 Å². The van der Waals surface area contributed by atoms with Gasteiger partial charge in [0.05, 0.1) is 0 Å². The summed E-state index contributed by atoms with van der Waals surface area (Å²) in [5, 5.41) is 0. The third-order valence-electron chi connectivity index (χ3n) is 3.25. The van der Waals surface area contributed by atoms with E-state index in [1.54, 1.807) is 5.57 Å². The van der Waals surface area contributed by atoms with Crippen LogP contribution >= 0.6 is 0 Å². The molecular weight excluding hydrogens is 208 g/mol. The number of nitrogens with two attached hydrogens (primary N) is 1. The predicted octanol–water partition coefficient (Wildman–Crippen LogP) is 2.56. The molecule has 0 unspecified atom stereocenters. The average Bonchev–Trinajstić information content (AvgIpc) is 2.38. The van der Waals surface area contributed by atoms with Gasteiger partial charge in [0.25, 0.3) is 0 Å². The monoisotopic (exact) mass is 230 g/mol. The summed E-state index contributed by atoms with van der Waals surface area (Å²) in [5.41, 5.74) is 8.52. The number of hydrogen-bond acceptors (Lipinski definition) is 2. The van der Waals surface area contributed by atoms with Crippen LogP contribution in [0, 0.1) is 0 Å². The highest BCUT2D eigenvalue weighted by Crippen LogP contribution is 2.18. The van der Waals surface area contributed by atoms with Gasteiger partial charge in [-0.15, -0.1) is 0 Å². The predicted molar refractivity (Wildman–Crippen MR) is 72.7 cm³/mol. The molecule has 0 amide bonds. The molecule has 0 aromatic heterocycles. The van der Waals surface area contributed by atoms with Crippen molar-refractivity contribution in [3.8, 4) is 0 Å². The normalized spacial score (nSPS) is 19.7. The zero-order chi connectivity index (χ0) is 11.9.